The molecule has 110 valence electrons. The summed E-state index contributed by atoms with van der Waals surface area (Å²) in [5.74, 6) is 0.257. The van der Waals surface area contributed by atoms with Crippen molar-refractivity contribution in [2.45, 2.75) is 45.6 Å². The van der Waals surface area contributed by atoms with Gasteiger partial charge in [-0.1, -0.05) is 38.9 Å². The van der Waals surface area contributed by atoms with Gasteiger partial charge in [0.05, 0.1) is 0 Å². The van der Waals surface area contributed by atoms with Crippen molar-refractivity contribution in [1.29, 1.82) is 0 Å². The number of anilines is 1. The molecule has 0 atom stereocenters. The van der Waals surface area contributed by atoms with Gasteiger partial charge in [-0.3, -0.25) is 0 Å². The lowest BCUT2D eigenvalue weighted by Crippen LogP contribution is -2.37. The molecule has 0 amide bonds. The zero-order chi connectivity index (χ0) is 14.7. The Bertz CT molecular complexity index is 481. The lowest BCUT2D eigenvalue weighted by Gasteiger charge is -2.34. The summed E-state index contributed by atoms with van der Waals surface area (Å²) in [6, 6.07) is 5.31. The molecule has 0 bridgehead atoms. The van der Waals surface area contributed by atoms with Gasteiger partial charge in [0.2, 0.25) is 0 Å². The molecule has 1 aliphatic carbocycles. The molecule has 4 heteroatoms. The molecule has 1 aliphatic rings. The van der Waals surface area contributed by atoms with Crippen LogP contribution in [-0.2, 0) is 0 Å². The van der Waals surface area contributed by atoms with E-state index < -0.39 is 0 Å². The van der Waals surface area contributed by atoms with Crippen LogP contribution >= 0.6 is 12.2 Å². The van der Waals surface area contributed by atoms with E-state index in [0.717, 1.165) is 12.2 Å². The predicted molar refractivity (Wildman–Crippen MR) is 86.7 cm³/mol. The summed E-state index contributed by atoms with van der Waals surface area (Å²) in [5.41, 5.74) is 7.43. The monoisotopic (exact) mass is 294 g/mol. The summed E-state index contributed by atoms with van der Waals surface area (Å²) in [5, 5.41) is 0. The third-order valence-electron chi connectivity index (χ3n) is 3.86. The summed E-state index contributed by atoms with van der Waals surface area (Å²) in [6.07, 6.45) is 4.92. The van der Waals surface area contributed by atoms with Crippen LogP contribution in [0, 0.1) is 11.7 Å². The Morgan fingerprint density at radius 3 is 2.60 bits per heavy atom. The van der Waals surface area contributed by atoms with Crippen molar-refractivity contribution < 1.29 is 4.39 Å². The van der Waals surface area contributed by atoms with Crippen molar-refractivity contribution in [2.75, 3.05) is 11.4 Å². The Balaban J connectivity index is 2.39. The van der Waals surface area contributed by atoms with Crippen molar-refractivity contribution in [3.05, 3.63) is 29.6 Å². The number of benzene rings is 1. The van der Waals surface area contributed by atoms with Crippen molar-refractivity contribution in [2.24, 2.45) is 11.7 Å². The van der Waals surface area contributed by atoms with Crippen LogP contribution in [0.5, 0.6) is 0 Å². The number of hydrogen-bond acceptors (Lipinski definition) is 2. The highest BCUT2D eigenvalue weighted by Crippen LogP contribution is 2.31. The number of nitrogens with two attached hydrogens (primary N) is 1. The van der Waals surface area contributed by atoms with E-state index in [9.17, 15) is 4.39 Å². The van der Waals surface area contributed by atoms with Crippen LogP contribution in [0.4, 0.5) is 10.1 Å². The summed E-state index contributed by atoms with van der Waals surface area (Å²) in [6.45, 7) is 5.35. The predicted octanol–water partition coefficient (Wildman–Crippen LogP) is 3.86. The molecule has 2 nitrogen and oxygen atoms in total. The summed E-state index contributed by atoms with van der Waals surface area (Å²) < 4.78 is 13.5. The molecule has 20 heavy (non-hydrogen) atoms. The van der Waals surface area contributed by atoms with Gasteiger partial charge in [0.1, 0.15) is 10.8 Å². The van der Waals surface area contributed by atoms with Gasteiger partial charge in [-0.25, -0.2) is 4.39 Å². The van der Waals surface area contributed by atoms with E-state index in [1.165, 1.54) is 37.8 Å². The molecule has 2 rings (SSSR count). The number of halogens is 1. The van der Waals surface area contributed by atoms with E-state index >= 15 is 0 Å². The van der Waals surface area contributed by atoms with Crippen LogP contribution in [0.3, 0.4) is 0 Å². The molecule has 0 radical (unpaired) electrons. The molecule has 0 aromatic heterocycles. The molecule has 0 heterocycles. The molecule has 1 saturated carbocycles. The normalized spacial score (nSPS) is 15.8. The third kappa shape index (κ3) is 3.48. The molecule has 0 unspecified atom stereocenters. The second-order valence-corrected chi connectivity index (χ2v) is 6.45. The lowest BCUT2D eigenvalue weighted by atomic mass is 10.1. The second kappa shape index (κ2) is 6.53. The van der Waals surface area contributed by atoms with Crippen LogP contribution in [-0.4, -0.2) is 17.6 Å². The van der Waals surface area contributed by atoms with Crippen molar-refractivity contribution in [3.8, 4) is 0 Å². The maximum absolute atomic E-state index is 13.5. The third-order valence-corrected chi connectivity index (χ3v) is 4.08. The van der Waals surface area contributed by atoms with Gasteiger partial charge in [-0.05, 0) is 37.0 Å². The second-order valence-electron chi connectivity index (χ2n) is 6.01. The number of hydrogen-bond donors (Lipinski definition) is 1. The Morgan fingerprint density at radius 1 is 1.40 bits per heavy atom. The standard InChI is InChI=1S/C16H23FN2S/c1-11(2)10-19(13-5-3-4-6-13)15-8-7-12(17)9-14(15)16(18)20/h7-9,11,13H,3-6,10H2,1-2H3,(H2,18,20). The van der Waals surface area contributed by atoms with Gasteiger partial charge in [-0.15, -0.1) is 0 Å². The molecular weight excluding hydrogens is 271 g/mol. The molecule has 1 fully saturated rings. The zero-order valence-corrected chi connectivity index (χ0v) is 13.0. The largest absolute Gasteiger partial charge is 0.389 e. The Labute approximate surface area is 126 Å². The van der Waals surface area contributed by atoms with Gasteiger partial charge in [0, 0.05) is 23.8 Å². The Morgan fingerprint density at radius 2 is 2.05 bits per heavy atom. The van der Waals surface area contributed by atoms with Gasteiger partial charge in [0.25, 0.3) is 0 Å². The van der Waals surface area contributed by atoms with Crippen molar-refractivity contribution in [1.82, 2.24) is 0 Å². The minimum absolute atomic E-state index is 0.270. The summed E-state index contributed by atoms with van der Waals surface area (Å²) >= 11 is 5.10. The first-order valence-corrected chi connectivity index (χ1v) is 7.76. The smallest absolute Gasteiger partial charge is 0.124 e. The maximum Gasteiger partial charge on any atom is 0.124 e. The molecule has 0 saturated heterocycles. The molecule has 0 aliphatic heterocycles. The van der Waals surface area contributed by atoms with Crippen LogP contribution in [0.25, 0.3) is 0 Å². The van der Waals surface area contributed by atoms with Gasteiger partial charge in [-0.2, -0.15) is 0 Å². The van der Waals surface area contributed by atoms with Gasteiger partial charge in [0.15, 0.2) is 0 Å². The highest BCUT2D eigenvalue weighted by molar-refractivity contribution is 7.80. The highest BCUT2D eigenvalue weighted by atomic mass is 32.1. The molecule has 0 spiro atoms. The highest BCUT2D eigenvalue weighted by Gasteiger charge is 2.25. The molecule has 1 aromatic carbocycles. The van der Waals surface area contributed by atoms with E-state index in [1.807, 2.05) is 6.07 Å². The number of nitrogens with zero attached hydrogens (tertiary/aromatic N) is 1. The number of thiocarbonyl (C=S) groups is 1. The summed E-state index contributed by atoms with van der Waals surface area (Å²) in [4.78, 5) is 2.65. The fourth-order valence-corrected chi connectivity index (χ4v) is 3.17. The van der Waals surface area contributed by atoms with Crippen LogP contribution < -0.4 is 10.6 Å². The molecule has 2 N–H and O–H groups in total. The zero-order valence-electron chi connectivity index (χ0n) is 12.2. The van der Waals surface area contributed by atoms with E-state index in [1.54, 1.807) is 0 Å². The first kappa shape index (κ1) is 15.2. The van der Waals surface area contributed by atoms with Gasteiger partial charge < -0.3 is 10.6 Å². The van der Waals surface area contributed by atoms with Crippen LogP contribution in [0.2, 0.25) is 0 Å². The minimum Gasteiger partial charge on any atom is -0.389 e. The topological polar surface area (TPSA) is 29.3 Å². The van der Waals surface area contributed by atoms with Crippen LogP contribution in [0.1, 0.15) is 45.1 Å². The van der Waals surface area contributed by atoms with E-state index in [4.69, 9.17) is 18.0 Å². The number of rotatable bonds is 5. The first-order chi connectivity index (χ1) is 9.49. The summed E-state index contributed by atoms with van der Waals surface area (Å²) in [7, 11) is 0. The molecular formula is C16H23FN2S. The average Bonchev–Trinajstić information content (AvgIpc) is 2.89. The van der Waals surface area contributed by atoms with E-state index in [2.05, 4.69) is 18.7 Å². The SMILES string of the molecule is CC(C)CN(c1ccc(F)cc1C(N)=S)C1CCCC1. The maximum atomic E-state index is 13.5. The van der Waals surface area contributed by atoms with Crippen LogP contribution in [0.15, 0.2) is 18.2 Å². The fourth-order valence-electron chi connectivity index (χ4n) is 3.01. The fraction of sp³-hybridized carbons (Fsp3) is 0.562. The minimum atomic E-state index is -0.285. The molecule has 1 aromatic rings. The quantitative estimate of drug-likeness (QED) is 0.836. The van der Waals surface area contributed by atoms with E-state index in [0.29, 0.717) is 17.5 Å². The van der Waals surface area contributed by atoms with Crippen molar-refractivity contribution >= 4 is 22.9 Å². The Kier molecular flexibility index (Phi) is 4.97. The Hall–Kier alpha value is -1.16. The van der Waals surface area contributed by atoms with Gasteiger partial charge >= 0.3 is 0 Å². The van der Waals surface area contributed by atoms with E-state index in [-0.39, 0.29) is 10.8 Å². The first-order valence-electron chi connectivity index (χ1n) is 7.35. The van der Waals surface area contributed by atoms with Crippen molar-refractivity contribution in [3.63, 3.8) is 0 Å². The lowest BCUT2D eigenvalue weighted by molar-refractivity contribution is 0.535. The average molecular weight is 294 g/mol.